The van der Waals surface area contributed by atoms with Crippen LogP contribution in [0.5, 0.6) is 0 Å². The van der Waals surface area contributed by atoms with E-state index in [2.05, 4.69) is 5.32 Å². The average Bonchev–Trinajstić information content (AvgIpc) is 1.68. The van der Waals surface area contributed by atoms with Gasteiger partial charge in [-0.1, -0.05) is 23.2 Å². The molecule has 0 rings (SSSR count). The third-order valence-electron chi connectivity index (χ3n) is 0.464. The fourth-order valence-electron chi connectivity index (χ4n) is 0.207. The van der Waals surface area contributed by atoms with Gasteiger partial charge in [0.05, 0.1) is 0 Å². The molecule has 42 valence electrons. The quantitative estimate of drug-likeness (QED) is 0.613. The Morgan fingerprint density at radius 2 is 2.43 bits per heavy atom. The summed E-state index contributed by atoms with van der Waals surface area (Å²) < 4.78 is 0. The molecular formula is C4H7Cl2N. The van der Waals surface area contributed by atoms with E-state index >= 15 is 0 Å². The van der Waals surface area contributed by atoms with Crippen LogP contribution in [0.15, 0.2) is 10.6 Å². The zero-order valence-corrected chi connectivity index (χ0v) is 5.55. The first-order valence-corrected chi connectivity index (χ1v) is 2.72. The third kappa shape index (κ3) is 4.13. The summed E-state index contributed by atoms with van der Waals surface area (Å²) in [5.41, 5.74) is 1.35. The summed E-state index contributed by atoms with van der Waals surface area (Å²) in [5, 5.41) is 3.46. The lowest BCUT2D eigenvalue weighted by Crippen LogP contribution is -2.06. The van der Waals surface area contributed by atoms with Crippen LogP contribution in [0.25, 0.3) is 0 Å². The minimum absolute atomic E-state index is 0.629. The summed E-state index contributed by atoms with van der Waals surface area (Å²) >= 11 is 10.6. The van der Waals surface area contributed by atoms with Gasteiger partial charge in [0.1, 0.15) is 0 Å². The third-order valence-corrected chi connectivity index (χ3v) is 1.08. The van der Waals surface area contributed by atoms with Crippen molar-refractivity contribution in [1.82, 2.24) is 5.32 Å². The molecule has 0 atom stereocenters. The Bertz CT molecular complexity index is 70.1. The lowest BCUT2D eigenvalue weighted by atomic mass is 10.6. The Labute approximate surface area is 53.3 Å². The maximum Gasteiger partial charge on any atom is 0.0431 e. The van der Waals surface area contributed by atoms with Crippen molar-refractivity contribution in [3.63, 3.8) is 0 Å². The normalized spacial score (nSPS) is 12.1. The van der Waals surface area contributed by atoms with E-state index in [4.69, 9.17) is 23.2 Å². The highest BCUT2D eigenvalue weighted by Crippen LogP contribution is 1.98. The van der Waals surface area contributed by atoms with E-state index < -0.39 is 0 Å². The first-order chi connectivity index (χ1) is 3.31. The highest BCUT2D eigenvalue weighted by molar-refractivity contribution is 6.36. The van der Waals surface area contributed by atoms with Crippen LogP contribution in [0.2, 0.25) is 0 Å². The second kappa shape index (κ2) is 4.44. The predicted molar refractivity (Wildman–Crippen MR) is 33.7 cm³/mol. The minimum atomic E-state index is 0.629. The standard InChI is InChI=1S/C4H7Cl2N/c1-7-3-4(6)2-5/h2,7H,3H2,1H3. The molecule has 0 amide bonds. The smallest absolute Gasteiger partial charge is 0.0431 e. The highest BCUT2D eigenvalue weighted by atomic mass is 35.5. The van der Waals surface area contributed by atoms with Gasteiger partial charge in [0, 0.05) is 17.1 Å². The Balaban J connectivity index is 3.17. The molecule has 7 heavy (non-hydrogen) atoms. The van der Waals surface area contributed by atoms with E-state index in [1.807, 2.05) is 7.05 Å². The van der Waals surface area contributed by atoms with Crippen LogP contribution in [0.4, 0.5) is 0 Å². The SMILES string of the molecule is CNCC(Cl)=CCl. The fourth-order valence-corrected chi connectivity index (χ4v) is 0.418. The summed E-state index contributed by atoms with van der Waals surface area (Å²) in [6.07, 6.45) is 0. The van der Waals surface area contributed by atoms with E-state index in [-0.39, 0.29) is 0 Å². The van der Waals surface area contributed by atoms with Gasteiger partial charge in [0.25, 0.3) is 0 Å². The van der Waals surface area contributed by atoms with Gasteiger partial charge in [-0.3, -0.25) is 0 Å². The number of halogens is 2. The van der Waals surface area contributed by atoms with E-state index in [1.54, 1.807) is 0 Å². The van der Waals surface area contributed by atoms with Crippen LogP contribution in [0, 0.1) is 0 Å². The number of nitrogens with one attached hydrogen (secondary N) is 1. The first-order valence-electron chi connectivity index (χ1n) is 1.90. The van der Waals surface area contributed by atoms with E-state index in [0.29, 0.717) is 11.6 Å². The van der Waals surface area contributed by atoms with Crippen molar-refractivity contribution in [3.8, 4) is 0 Å². The van der Waals surface area contributed by atoms with Gasteiger partial charge in [-0.05, 0) is 7.05 Å². The largest absolute Gasteiger partial charge is 0.315 e. The summed E-state index contributed by atoms with van der Waals surface area (Å²) in [6, 6.07) is 0. The van der Waals surface area contributed by atoms with Crippen molar-refractivity contribution in [1.29, 1.82) is 0 Å². The van der Waals surface area contributed by atoms with Crippen molar-refractivity contribution in [2.24, 2.45) is 0 Å². The van der Waals surface area contributed by atoms with Gasteiger partial charge in [-0.25, -0.2) is 0 Å². The minimum Gasteiger partial charge on any atom is -0.315 e. The fraction of sp³-hybridized carbons (Fsp3) is 0.500. The highest BCUT2D eigenvalue weighted by Gasteiger charge is 1.82. The van der Waals surface area contributed by atoms with Crippen LogP contribution in [-0.4, -0.2) is 13.6 Å². The number of hydrogen-bond acceptors (Lipinski definition) is 1. The van der Waals surface area contributed by atoms with Gasteiger partial charge in [0.2, 0.25) is 0 Å². The molecule has 0 saturated carbocycles. The molecule has 0 heterocycles. The summed E-state index contributed by atoms with van der Waals surface area (Å²) in [5.74, 6) is 0. The van der Waals surface area contributed by atoms with Crippen LogP contribution in [0.3, 0.4) is 0 Å². The zero-order valence-electron chi connectivity index (χ0n) is 4.04. The molecule has 1 nitrogen and oxygen atoms in total. The molecule has 0 aromatic carbocycles. The molecule has 0 saturated heterocycles. The van der Waals surface area contributed by atoms with Gasteiger partial charge >= 0.3 is 0 Å². The van der Waals surface area contributed by atoms with Crippen molar-refractivity contribution >= 4 is 23.2 Å². The maximum absolute atomic E-state index is 5.43. The first kappa shape index (κ1) is 7.28. The van der Waals surface area contributed by atoms with Crippen molar-refractivity contribution < 1.29 is 0 Å². The van der Waals surface area contributed by atoms with E-state index in [0.717, 1.165) is 0 Å². The monoisotopic (exact) mass is 139 g/mol. The molecule has 0 fully saturated rings. The molecule has 0 bridgehead atoms. The molecule has 0 radical (unpaired) electrons. The van der Waals surface area contributed by atoms with E-state index in [9.17, 15) is 0 Å². The maximum atomic E-state index is 5.43. The lowest BCUT2D eigenvalue weighted by molar-refractivity contribution is 0.910. The van der Waals surface area contributed by atoms with Crippen LogP contribution >= 0.6 is 23.2 Å². The molecular weight excluding hydrogens is 133 g/mol. The molecule has 0 aromatic rings. The van der Waals surface area contributed by atoms with Gasteiger partial charge < -0.3 is 5.32 Å². The molecule has 0 unspecified atom stereocenters. The van der Waals surface area contributed by atoms with Gasteiger partial charge in [-0.2, -0.15) is 0 Å². The zero-order chi connectivity index (χ0) is 5.70. The van der Waals surface area contributed by atoms with Gasteiger partial charge in [0.15, 0.2) is 0 Å². The Morgan fingerprint density at radius 1 is 1.86 bits per heavy atom. The number of likely N-dealkylation sites (N-methyl/N-ethyl adjacent to an activating group) is 1. The summed E-state index contributed by atoms with van der Waals surface area (Å²) in [6.45, 7) is 0.644. The molecule has 0 aromatic heterocycles. The molecule has 0 aliphatic carbocycles. The second-order valence-electron chi connectivity index (χ2n) is 1.09. The Hall–Kier alpha value is 0.280. The molecule has 1 N–H and O–H groups in total. The van der Waals surface area contributed by atoms with Crippen molar-refractivity contribution in [2.45, 2.75) is 0 Å². The topological polar surface area (TPSA) is 12.0 Å². The molecule has 0 aliphatic rings. The molecule has 3 heteroatoms. The van der Waals surface area contributed by atoms with Gasteiger partial charge in [-0.15, -0.1) is 0 Å². The van der Waals surface area contributed by atoms with Crippen LogP contribution in [-0.2, 0) is 0 Å². The number of rotatable bonds is 2. The van der Waals surface area contributed by atoms with Crippen LogP contribution < -0.4 is 5.32 Å². The van der Waals surface area contributed by atoms with Crippen LogP contribution in [0.1, 0.15) is 0 Å². The summed E-state index contributed by atoms with van der Waals surface area (Å²) in [4.78, 5) is 0. The Kier molecular flexibility index (Phi) is 4.62. The lowest BCUT2D eigenvalue weighted by Gasteiger charge is -1.90. The van der Waals surface area contributed by atoms with E-state index in [1.165, 1.54) is 5.54 Å². The predicted octanol–water partition coefficient (Wildman–Crippen LogP) is 1.52. The summed E-state index contributed by atoms with van der Waals surface area (Å²) in [7, 11) is 1.81. The Morgan fingerprint density at radius 3 is 2.57 bits per heavy atom. The van der Waals surface area contributed by atoms with Crippen molar-refractivity contribution in [2.75, 3.05) is 13.6 Å². The molecule has 0 aliphatic heterocycles. The number of hydrogen-bond donors (Lipinski definition) is 1. The molecule has 0 spiro atoms. The average molecular weight is 140 g/mol. The second-order valence-corrected chi connectivity index (χ2v) is 1.79. The van der Waals surface area contributed by atoms with Crippen molar-refractivity contribution in [3.05, 3.63) is 10.6 Å².